The van der Waals surface area contributed by atoms with Crippen LogP contribution in [-0.2, 0) is 0 Å². The molecule has 0 rings (SSSR count). The van der Waals surface area contributed by atoms with E-state index in [-0.39, 0.29) is 0 Å². The van der Waals surface area contributed by atoms with Crippen molar-refractivity contribution in [2.24, 2.45) is 5.92 Å². The lowest BCUT2D eigenvalue weighted by Gasteiger charge is -2.09. The summed E-state index contributed by atoms with van der Waals surface area (Å²) in [6, 6.07) is 0. The fraction of sp³-hybridized carbons (Fsp3) is 1.00. The third kappa shape index (κ3) is 8.15. The molecule has 0 aromatic heterocycles. The molecule has 0 heterocycles. The molecule has 0 aliphatic rings. The predicted octanol–water partition coefficient (Wildman–Crippen LogP) is 2.64. The maximum atomic E-state index is 5.94. The molecule has 0 aromatic rings. The van der Waals surface area contributed by atoms with E-state index in [1.807, 2.05) is 0 Å². The SMILES string of the molecule is CCC(Cl)CCNCC(C)C. The number of hydrogen-bond acceptors (Lipinski definition) is 1. The van der Waals surface area contributed by atoms with Crippen LogP contribution in [0.25, 0.3) is 0 Å². The smallest absolute Gasteiger partial charge is 0.0345 e. The van der Waals surface area contributed by atoms with Crippen LogP contribution in [0.15, 0.2) is 0 Å². The van der Waals surface area contributed by atoms with Crippen LogP contribution in [0.3, 0.4) is 0 Å². The topological polar surface area (TPSA) is 12.0 Å². The van der Waals surface area contributed by atoms with E-state index in [9.17, 15) is 0 Å². The van der Waals surface area contributed by atoms with Gasteiger partial charge in [0.1, 0.15) is 0 Å². The van der Waals surface area contributed by atoms with Gasteiger partial charge in [-0.15, -0.1) is 11.6 Å². The van der Waals surface area contributed by atoms with Gasteiger partial charge in [-0.25, -0.2) is 0 Å². The highest BCUT2D eigenvalue weighted by atomic mass is 35.5. The summed E-state index contributed by atoms with van der Waals surface area (Å²) in [5.74, 6) is 0.741. The van der Waals surface area contributed by atoms with Gasteiger partial charge in [0.15, 0.2) is 0 Å². The summed E-state index contributed by atoms with van der Waals surface area (Å²) in [6.07, 6.45) is 2.16. The molecule has 0 aliphatic heterocycles. The lowest BCUT2D eigenvalue weighted by atomic mass is 10.2. The summed E-state index contributed by atoms with van der Waals surface area (Å²) in [5, 5.41) is 3.72. The second-order valence-electron chi connectivity index (χ2n) is 3.39. The Balaban J connectivity index is 3.01. The number of alkyl halides is 1. The van der Waals surface area contributed by atoms with Gasteiger partial charge in [0.25, 0.3) is 0 Å². The van der Waals surface area contributed by atoms with Crippen LogP contribution in [0.5, 0.6) is 0 Å². The summed E-state index contributed by atoms with van der Waals surface area (Å²) in [5.41, 5.74) is 0. The van der Waals surface area contributed by atoms with Crippen LogP contribution in [-0.4, -0.2) is 18.5 Å². The molecule has 0 fully saturated rings. The standard InChI is InChI=1S/C9H20ClN/c1-4-9(10)5-6-11-7-8(2)3/h8-9,11H,4-7H2,1-3H3. The normalized spacial score (nSPS) is 13.9. The van der Waals surface area contributed by atoms with Gasteiger partial charge in [-0.05, 0) is 31.8 Å². The summed E-state index contributed by atoms with van der Waals surface area (Å²) >= 11 is 5.94. The first-order valence-electron chi connectivity index (χ1n) is 4.51. The van der Waals surface area contributed by atoms with Crippen molar-refractivity contribution in [2.45, 2.75) is 39.0 Å². The van der Waals surface area contributed by atoms with Crippen molar-refractivity contribution in [3.05, 3.63) is 0 Å². The van der Waals surface area contributed by atoms with Crippen molar-refractivity contribution in [2.75, 3.05) is 13.1 Å². The van der Waals surface area contributed by atoms with E-state index in [1.165, 1.54) is 0 Å². The van der Waals surface area contributed by atoms with Gasteiger partial charge in [0, 0.05) is 5.38 Å². The minimum atomic E-state index is 0.356. The van der Waals surface area contributed by atoms with Crippen molar-refractivity contribution < 1.29 is 0 Å². The molecule has 0 bridgehead atoms. The number of hydrogen-bond donors (Lipinski definition) is 1. The Morgan fingerprint density at radius 3 is 2.45 bits per heavy atom. The number of halogens is 1. The van der Waals surface area contributed by atoms with E-state index >= 15 is 0 Å². The van der Waals surface area contributed by atoms with Crippen molar-refractivity contribution >= 4 is 11.6 Å². The zero-order valence-electron chi connectivity index (χ0n) is 7.86. The average Bonchev–Trinajstić information content (AvgIpc) is 1.97. The Morgan fingerprint density at radius 1 is 1.36 bits per heavy atom. The molecule has 1 unspecified atom stereocenters. The molecule has 1 atom stereocenters. The Labute approximate surface area is 75.5 Å². The maximum Gasteiger partial charge on any atom is 0.0345 e. The molecule has 0 saturated carbocycles. The molecule has 0 saturated heterocycles. The van der Waals surface area contributed by atoms with E-state index in [1.54, 1.807) is 0 Å². The monoisotopic (exact) mass is 177 g/mol. The van der Waals surface area contributed by atoms with E-state index in [4.69, 9.17) is 11.6 Å². The Morgan fingerprint density at radius 2 is 2.00 bits per heavy atom. The van der Waals surface area contributed by atoms with Gasteiger partial charge < -0.3 is 5.32 Å². The highest BCUT2D eigenvalue weighted by molar-refractivity contribution is 6.20. The third-order valence-corrected chi connectivity index (χ3v) is 2.16. The molecule has 11 heavy (non-hydrogen) atoms. The Kier molecular flexibility index (Phi) is 7.09. The third-order valence-electron chi connectivity index (χ3n) is 1.63. The van der Waals surface area contributed by atoms with Gasteiger partial charge in [0.05, 0.1) is 0 Å². The van der Waals surface area contributed by atoms with Crippen LogP contribution in [0.2, 0.25) is 0 Å². The second kappa shape index (κ2) is 6.93. The summed E-state index contributed by atoms with van der Waals surface area (Å²) in [7, 11) is 0. The fourth-order valence-electron chi connectivity index (χ4n) is 0.854. The van der Waals surface area contributed by atoms with Crippen molar-refractivity contribution in [1.82, 2.24) is 5.32 Å². The zero-order valence-corrected chi connectivity index (χ0v) is 8.62. The maximum absolute atomic E-state index is 5.94. The number of rotatable bonds is 6. The summed E-state index contributed by atoms with van der Waals surface area (Å²) in [6.45, 7) is 8.71. The quantitative estimate of drug-likeness (QED) is 0.486. The van der Waals surface area contributed by atoms with Gasteiger partial charge in [-0.2, -0.15) is 0 Å². The lowest BCUT2D eigenvalue weighted by molar-refractivity contribution is 0.535. The molecular formula is C9H20ClN. The average molecular weight is 178 g/mol. The van der Waals surface area contributed by atoms with E-state index in [0.717, 1.165) is 31.8 Å². The number of nitrogens with one attached hydrogen (secondary N) is 1. The summed E-state index contributed by atoms with van der Waals surface area (Å²) < 4.78 is 0. The second-order valence-corrected chi connectivity index (χ2v) is 4.01. The van der Waals surface area contributed by atoms with Crippen molar-refractivity contribution in [3.63, 3.8) is 0 Å². The van der Waals surface area contributed by atoms with Crippen LogP contribution in [0.4, 0.5) is 0 Å². The molecule has 0 amide bonds. The van der Waals surface area contributed by atoms with Crippen molar-refractivity contribution in [1.29, 1.82) is 0 Å². The molecule has 0 spiro atoms. The summed E-state index contributed by atoms with van der Waals surface area (Å²) in [4.78, 5) is 0. The minimum absolute atomic E-state index is 0.356. The zero-order chi connectivity index (χ0) is 8.69. The van der Waals surface area contributed by atoms with Crippen LogP contribution in [0, 0.1) is 5.92 Å². The van der Waals surface area contributed by atoms with E-state index in [2.05, 4.69) is 26.1 Å². The molecule has 0 aromatic carbocycles. The van der Waals surface area contributed by atoms with Gasteiger partial charge in [-0.1, -0.05) is 20.8 Å². The molecule has 68 valence electrons. The van der Waals surface area contributed by atoms with Crippen LogP contribution in [0.1, 0.15) is 33.6 Å². The Hall–Kier alpha value is 0.250. The molecule has 0 radical (unpaired) electrons. The van der Waals surface area contributed by atoms with E-state index in [0.29, 0.717) is 5.38 Å². The predicted molar refractivity (Wildman–Crippen MR) is 52.3 cm³/mol. The largest absolute Gasteiger partial charge is 0.316 e. The fourth-order valence-corrected chi connectivity index (χ4v) is 0.963. The van der Waals surface area contributed by atoms with E-state index < -0.39 is 0 Å². The first-order valence-corrected chi connectivity index (χ1v) is 4.95. The highest BCUT2D eigenvalue weighted by Crippen LogP contribution is 2.04. The molecule has 1 N–H and O–H groups in total. The van der Waals surface area contributed by atoms with Gasteiger partial charge in [-0.3, -0.25) is 0 Å². The molecule has 0 aliphatic carbocycles. The van der Waals surface area contributed by atoms with Crippen LogP contribution >= 0.6 is 11.6 Å². The van der Waals surface area contributed by atoms with Gasteiger partial charge >= 0.3 is 0 Å². The highest BCUT2D eigenvalue weighted by Gasteiger charge is 1.99. The lowest BCUT2D eigenvalue weighted by Crippen LogP contribution is -2.22. The Bertz CT molecular complexity index is 83.6. The first kappa shape index (κ1) is 11.2. The first-order chi connectivity index (χ1) is 5.16. The molecular weight excluding hydrogens is 158 g/mol. The van der Waals surface area contributed by atoms with Crippen LogP contribution < -0.4 is 5.32 Å². The molecule has 2 heteroatoms. The minimum Gasteiger partial charge on any atom is -0.316 e. The van der Waals surface area contributed by atoms with Gasteiger partial charge in [0.2, 0.25) is 0 Å². The molecule has 1 nitrogen and oxygen atoms in total. The van der Waals surface area contributed by atoms with Crippen molar-refractivity contribution in [3.8, 4) is 0 Å².